The summed E-state index contributed by atoms with van der Waals surface area (Å²) in [5, 5.41) is 10.4. The van der Waals surface area contributed by atoms with Crippen molar-refractivity contribution in [1.82, 2.24) is 25.4 Å². The second-order valence-electron chi connectivity index (χ2n) is 8.13. The number of nitrogens with two attached hydrogens (primary N) is 1. The van der Waals surface area contributed by atoms with E-state index in [1.165, 1.54) is 18.5 Å². The summed E-state index contributed by atoms with van der Waals surface area (Å²) in [5.41, 5.74) is 9.36. The molecule has 34 heavy (non-hydrogen) atoms. The lowest BCUT2D eigenvalue weighted by Crippen LogP contribution is -2.38. The minimum absolute atomic E-state index is 0.122. The zero-order valence-electron chi connectivity index (χ0n) is 18.5. The average molecular weight is 466 g/mol. The van der Waals surface area contributed by atoms with Crippen LogP contribution in [0.25, 0.3) is 22.0 Å². The first kappa shape index (κ1) is 23.2. The molecule has 176 valence electrons. The largest absolute Gasteiger partial charge is 0.405 e. The highest BCUT2D eigenvalue weighted by Gasteiger charge is 2.33. The Balaban J connectivity index is 1.56. The Labute approximate surface area is 195 Å². The molecule has 2 aromatic heterocycles. The summed E-state index contributed by atoms with van der Waals surface area (Å²) in [5.74, 6) is -3.00. The van der Waals surface area contributed by atoms with Gasteiger partial charge in [0.05, 0.1) is 11.2 Å². The SMILES string of the molecule is C=N/C=C(\C=C/N)NC(=O)c1n[nH]c2ccc(-c3cncc(CN4CCC(F)(F)CC4)c3)cc12. The van der Waals surface area contributed by atoms with Crippen LogP contribution >= 0.6 is 0 Å². The predicted octanol–water partition coefficient (Wildman–Crippen LogP) is 3.60. The van der Waals surface area contributed by atoms with Crippen LogP contribution in [-0.2, 0) is 6.54 Å². The number of allylic oxidation sites excluding steroid dienone is 1. The Kier molecular flexibility index (Phi) is 6.78. The topological polar surface area (TPSA) is 112 Å². The zero-order chi connectivity index (χ0) is 24.1. The fraction of sp³-hybridized carbons (Fsp3) is 0.250. The number of benzene rings is 1. The van der Waals surface area contributed by atoms with Crippen LogP contribution in [0.2, 0.25) is 0 Å². The van der Waals surface area contributed by atoms with Gasteiger partial charge in [0.1, 0.15) is 0 Å². The first-order valence-corrected chi connectivity index (χ1v) is 10.8. The molecule has 1 amide bonds. The molecule has 1 aliphatic heterocycles. The number of nitrogens with zero attached hydrogens (tertiary/aromatic N) is 4. The molecule has 0 saturated carbocycles. The van der Waals surface area contributed by atoms with E-state index < -0.39 is 11.8 Å². The Hall–Kier alpha value is -3.92. The summed E-state index contributed by atoms with van der Waals surface area (Å²) in [6, 6.07) is 7.61. The molecule has 4 rings (SSSR count). The van der Waals surface area contributed by atoms with Crippen molar-refractivity contribution in [2.24, 2.45) is 10.7 Å². The predicted molar refractivity (Wildman–Crippen MR) is 127 cm³/mol. The first-order valence-electron chi connectivity index (χ1n) is 10.8. The van der Waals surface area contributed by atoms with E-state index in [4.69, 9.17) is 5.73 Å². The molecule has 0 bridgehead atoms. The first-order chi connectivity index (χ1) is 16.4. The van der Waals surface area contributed by atoms with Crippen molar-refractivity contribution in [2.75, 3.05) is 13.1 Å². The fourth-order valence-corrected chi connectivity index (χ4v) is 3.90. The smallest absolute Gasteiger partial charge is 0.276 e. The Morgan fingerprint density at radius 1 is 1.26 bits per heavy atom. The van der Waals surface area contributed by atoms with E-state index in [1.807, 2.05) is 29.2 Å². The number of nitrogens with one attached hydrogen (secondary N) is 2. The van der Waals surface area contributed by atoms with Crippen molar-refractivity contribution in [1.29, 1.82) is 0 Å². The van der Waals surface area contributed by atoms with Crippen molar-refractivity contribution >= 4 is 23.5 Å². The fourth-order valence-electron chi connectivity index (χ4n) is 3.90. The molecule has 0 unspecified atom stereocenters. The molecule has 0 spiro atoms. The molecule has 0 radical (unpaired) electrons. The van der Waals surface area contributed by atoms with Crippen LogP contribution in [-0.4, -0.2) is 51.7 Å². The van der Waals surface area contributed by atoms with E-state index in [2.05, 4.69) is 32.2 Å². The number of alkyl halides is 2. The number of carbonyl (C=O) groups is 1. The number of piperidine rings is 1. The van der Waals surface area contributed by atoms with E-state index in [1.54, 1.807) is 12.4 Å². The van der Waals surface area contributed by atoms with E-state index in [0.717, 1.165) is 16.7 Å². The summed E-state index contributed by atoms with van der Waals surface area (Å²) in [7, 11) is 0. The molecule has 10 heteroatoms. The van der Waals surface area contributed by atoms with Crippen LogP contribution in [0, 0.1) is 0 Å². The van der Waals surface area contributed by atoms with Gasteiger partial charge in [0.2, 0.25) is 0 Å². The molecular weight excluding hydrogens is 440 g/mol. The third kappa shape index (κ3) is 5.34. The number of amides is 1. The molecule has 1 saturated heterocycles. The molecule has 4 N–H and O–H groups in total. The number of halogens is 2. The van der Waals surface area contributed by atoms with Gasteiger partial charge in [-0.3, -0.25) is 24.8 Å². The normalized spacial score (nSPS) is 16.7. The molecule has 1 aromatic carbocycles. The van der Waals surface area contributed by atoms with Gasteiger partial charge in [-0.25, -0.2) is 8.78 Å². The molecule has 1 fully saturated rings. The second kappa shape index (κ2) is 9.92. The van der Waals surface area contributed by atoms with Crippen molar-refractivity contribution in [3.05, 3.63) is 72.1 Å². The lowest BCUT2D eigenvalue weighted by atomic mass is 10.0. The van der Waals surface area contributed by atoms with Gasteiger partial charge < -0.3 is 11.1 Å². The highest BCUT2D eigenvalue weighted by atomic mass is 19.3. The summed E-state index contributed by atoms with van der Waals surface area (Å²) in [6.45, 7) is 4.65. The number of hydrogen-bond acceptors (Lipinski definition) is 6. The number of aliphatic imine (C=N–C) groups is 1. The van der Waals surface area contributed by atoms with E-state index in [0.29, 0.717) is 36.2 Å². The number of rotatable bonds is 7. The average Bonchev–Trinajstić information content (AvgIpc) is 3.24. The van der Waals surface area contributed by atoms with Crippen molar-refractivity contribution in [2.45, 2.75) is 25.3 Å². The number of carbonyl (C=O) groups excluding carboxylic acids is 1. The number of hydrogen-bond donors (Lipinski definition) is 3. The molecule has 0 aliphatic carbocycles. The maximum absolute atomic E-state index is 13.4. The molecule has 8 nitrogen and oxygen atoms in total. The highest BCUT2D eigenvalue weighted by molar-refractivity contribution is 6.06. The minimum Gasteiger partial charge on any atom is -0.405 e. The zero-order valence-corrected chi connectivity index (χ0v) is 18.5. The monoisotopic (exact) mass is 465 g/mol. The van der Waals surface area contributed by atoms with Crippen LogP contribution in [0.3, 0.4) is 0 Å². The van der Waals surface area contributed by atoms with Crippen LogP contribution in [0.15, 0.2) is 65.8 Å². The Morgan fingerprint density at radius 2 is 2.06 bits per heavy atom. The standard InChI is InChI=1S/C24H25F2N7O/c1-28-14-19(4-7-27)30-23(34)22-20-11-17(2-3-21(20)31-32-22)18-10-16(12-29-13-18)15-33-8-5-24(25,26)6-9-33/h2-4,7,10-14H,1,5-6,8-9,15,27H2,(H,30,34)(H,31,32)/b7-4-,19-14+. The molecule has 1 aliphatic rings. The number of likely N-dealkylation sites (tertiary alicyclic amines) is 1. The van der Waals surface area contributed by atoms with Gasteiger partial charge in [-0.2, -0.15) is 5.10 Å². The maximum Gasteiger partial charge on any atom is 0.276 e. The second-order valence-corrected chi connectivity index (χ2v) is 8.13. The quantitative estimate of drug-likeness (QED) is 0.365. The van der Waals surface area contributed by atoms with Crippen molar-refractivity contribution in [3.8, 4) is 11.1 Å². The van der Waals surface area contributed by atoms with Gasteiger partial charge in [-0.1, -0.05) is 6.07 Å². The van der Waals surface area contributed by atoms with Gasteiger partial charge in [0, 0.05) is 62.0 Å². The third-order valence-corrected chi connectivity index (χ3v) is 5.66. The van der Waals surface area contributed by atoms with E-state index >= 15 is 0 Å². The number of aromatic amines is 1. The van der Waals surface area contributed by atoms with Gasteiger partial charge >= 0.3 is 0 Å². The van der Waals surface area contributed by atoms with Crippen LogP contribution in [0.5, 0.6) is 0 Å². The molecule has 0 atom stereocenters. The van der Waals surface area contributed by atoms with Crippen LogP contribution in [0.4, 0.5) is 8.78 Å². The molecule has 3 aromatic rings. The van der Waals surface area contributed by atoms with E-state index in [9.17, 15) is 13.6 Å². The van der Waals surface area contributed by atoms with Crippen molar-refractivity contribution in [3.63, 3.8) is 0 Å². The van der Waals surface area contributed by atoms with Gasteiger partial charge in [0.25, 0.3) is 11.8 Å². The summed E-state index contributed by atoms with van der Waals surface area (Å²) in [6.07, 6.45) is 7.39. The van der Waals surface area contributed by atoms with Crippen LogP contribution < -0.4 is 11.1 Å². The number of H-pyrrole nitrogens is 1. The third-order valence-electron chi connectivity index (χ3n) is 5.66. The Bertz CT molecular complexity index is 1260. The van der Waals surface area contributed by atoms with Gasteiger partial charge in [-0.05, 0) is 48.3 Å². The summed E-state index contributed by atoms with van der Waals surface area (Å²) in [4.78, 5) is 22.8. The number of fused-ring (bicyclic) bond motifs is 1. The maximum atomic E-state index is 13.4. The number of pyridine rings is 1. The lowest BCUT2D eigenvalue weighted by molar-refractivity contribution is -0.0566. The van der Waals surface area contributed by atoms with E-state index in [-0.39, 0.29) is 18.5 Å². The highest BCUT2D eigenvalue weighted by Crippen LogP contribution is 2.29. The minimum atomic E-state index is -2.57. The molecule has 3 heterocycles. The van der Waals surface area contributed by atoms with Gasteiger partial charge in [-0.15, -0.1) is 0 Å². The Morgan fingerprint density at radius 3 is 2.79 bits per heavy atom. The van der Waals surface area contributed by atoms with Crippen molar-refractivity contribution < 1.29 is 13.6 Å². The van der Waals surface area contributed by atoms with Crippen LogP contribution in [0.1, 0.15) is 28.9 Å². The lowest BCUT2D eigenvalue weighted by Gasteiger charge is -2.31. The summed E-state index contributed by atoms with van der Waals surface area (Å²) < 4.78 is 26.9. The summed E-state index contributed by atoms with van der Waals surface area (Å²) >= 11 is 0. The number of aromatic nitrogens is 3. The molecular formula is C24H25F2N7O. The van der Waals surface area contributed by atoms with Gasteiger partial charge in [0.15, 0.2) is 5.69 Å².